The van der Waals surface area contributed by atoms with Crippen molar-refractivity contribution in [1.29, 1.82) is 0 Å². The average molecular weight is 343 g/mol. The Morgan fingerprint density at radius 1 is 1.24 bits per heavy atom. The van der Waals surface area contributed by atoms with Gasteiger partial charge in [0.05, 0.1) is 11.0 Å². The number of aromatic nitrogens is 2. The Morgan fingerprint density at radius 3 is 2.64 bits per heavy atom. The summed E-state index contributed by atoms with van der Waals surface area (Å²) in [6.45, 7) is 3.68. The third-order valence-electron chi connectivity index (χ3n) is 5.80. The molecule has 0 bridgehead atoms. The molecule has 1 aromatic heterocycles. The van der Waals surface area contributed by atoms with Gasteiger partial charge in [0.1, 0.15) is 11.6 Å². The second-order valence-corrected chi connectivity index (χ2v) is 7.46. The van der Waals surface area contributed by atoms with Crippen LogP contribution in [0.1, 0.15) is 69.7 Å². The third-order valence-corrected chi connectivity index (χ3v) is 5.80. The number of fused-ring (bicyclic) bond motifs is 1. The van der Waals surface area contributed by atoms with Crippen LogP contribution >= 0.6 is 0 Å². The number of imidazole rings is 1. The Bertz CT molecular complexity index is 773. The van der Waals surface area contributed by atoms with Crippen molar-refractivity contribution < 1.29 is 9.18 Å². The van der Waals surface area contributed by atoms with Crippen LogP contribution < -0.4 is 0 Å². The summed E-state index contributed by atoms with van der Waals surface area (Å²) in [7, 11) is 0. The minimum atomic E-state index is -0.225. The molecule has 2 aliphatic rings. The number of likely N-dealkylation sites (tertiary alicyclic amines) is 1. The Hall–Kier alpha value is -1.91. The third kappa shape index (κ3) is 3.05. The molecule has 134 valence electrons. The van der Waals surface area contributed by atoms with Crippen molar-refractivity contribution in [2.24, 2.45) is 0 Å². The topological polar surface area (TPSA) is 38.1 Å². The second kappa shape index (κ2) is 6.77. The van der Waals surface area contributed by atoms with Crippen LogP contribution in [-0.2, 0) is 4.79 Å². The molecule has 2 fully saturated rings. The Kier molecular flexibility index (Phi) is 4.48. The average Bonchev–Trinajstić information content (AvgIpc) is 2.91. The highest BCUT2D eigenvalue weighted by molar-refractivity contribution is 5.77. The fourth-order valence-electron chi connectivity index (χ4n) is 4.17. The van der Waals surface area contributed by atoms with Crippen LogP contribution in [0.15, 0.2) is 18.2 Å². The Morgan fingerprint density at radius 2 is 2.00 bits per heavy atom. The van der Waals surface area contributed by atoms with Crippen LogP contribution in [0.25, 0.3) is 11.0 Å². The number of piperidine rings is 1. The fourth-order valence-corrected chi connectivity index (χ4v) is 4.17. The summed E-state index contributed by atoms with van der Waals surface area (Å²) in [6.07, 6.45) is 7.08. The van der Waals surface area contributed by atoms with E-state index < -0.39 is 0 Å². The molecule has 1 aromatic carbocycles. The van der Waals surface area contributed by atoms with Crippen LogP contribution in [-0.4, -0.2) is 33.4 Å². The lowest BCUT2D eigenvalue weighted by Gasteiger charge is -2.35. The summed E-state index contributed by atoms with van der Waals surface area (Å²) in [6, 6.07) is 5.31. The van der Waals surface area contributed by atoms with Crippen molar-refractivity contribution in [2.45, 2.75) is 63.8 Å². The first-order valence-corrected chi connectivity index (χ1v) is 9.62. The monoisotopic (exact) mass is 343 g/mol. The van der Waals surface area contributed by atoms with Crippen molar-refractivity contribution in [3.63, 3.8) is 0 Å². The number of hydrogen-bond acceptors (Lipinski definition) is 2. The van der Waals surface area contributed by atoms with E-state index >= 15 is 0 Å². The first kappa shape index (κ1) is 16.6. The van der Waals surface area contributed by atoms with E-state index in [-0.39, 0.29) is 11.7 Å². The number of nitrogens with zero attached hydrogens (tertiary/aromatic N) is 3. The molecule has 5 heteroatoms. The Labute approximate surface area is 148 Å². The fraction of sp³-hybridized carbons (Fsp3) is 0.600. The SMILES string of the molecule is CCCC(=O)N1CCC(n2c(C3CCC3)nc3cc(F)ccc32)CC1. The van der Waals surface area contributed by atoms with Gasteiger partial charge in [-0.2, -0.15) is 0 Å². The molecule has 2 heterocycles. The van der Waals surface area contributed by atoms with Gasteiger partial charge in [0.15, 0.2) is 0 Å². The second-order valence-electron chi connectivity index (χ2n) is 7.46. The molecule has 1 amide bonds. The number of rotatable bonds is 4. The molecule has 0 atom stereocenters. The quantitative estimate of drug-likeness (QED) is 0.825. The van der Waals surface area contributed by atoms with Crippen molar-refractivity contribution in [3.8, 4) is 0 Å². The molecule has 0 N–H and O–H groups in total. The van der Waals surface area contributed by atoms with Crippen LogP contribution in [0.2, 0.25) is 0 Å². The molecule has 0 radical (unpaired) electrons. The molecular formula is C20H26FN3O. The van der Waals surface area contributed by atoms with E-state index in [0.29, 0.717) is 18.4 Å². The number of carbonyl (C=O) groups excluding carboxylic acids is 1. The van der Waals surface area contributed by atoms with Gasteiger partial charge in [-0.3, -0.25) is 4.79 Å². The van der Waals surface area contributed by atoms with Crippen LogP contribution in [0.4, 0.5) is 4.39 Å². The number of benzene rings is 1. The van der Waals surface area contributed by atoms with Gasteiger partial charge in [0.25, 0.3) is 0 Å². The van der Waals surface area contributed by atoms with Gasteiger partial charge in [0, 0.05) is 37.5 Å². The summed E-state index contributed by atoms with van der Waals surface area (Å²) in [5.74, 6) is 1.69. The molecule has 2 aromatic rings. The maximum Gasteiger partial charge on any atom is 0.222 e. The van der Waals surface area contributed by atoms with Crippen molar-refractivity contribution in [3.05, 3.63) is 29.8 Å². The minimum absolute atomic E-state index is 0.225. The molecular weight excluding hydrogens is 317 g/mol. The van der Waals surface area contributed by atoms with E-state index in [1.807, 2.05) is 17.9 Å². The summed E-state index contributed by atoms with van der Waals surface area (Å²) in [5.41, 5.74) is 1.81. The van der Waals surface area contributed by atoms with Gasteiger partial charge in [-0.05, 0) is 44.2 Å². The van der Waals surface area contributed by atoms with Crippen molar-refractivity contribution in [2.75, 3.05) is 13.1 Å². The van der Waals surface area contributed by atoms with Gasteiger partial charge in [-0.25, -0.2) is 9.37 Å². The predicted octanol–water partition coefficient (Wildman–Crippen LogP) is 4.41. The van der Waals surface area contributed by atoms with Crippen LogP contribution in [0.3, 0.4) is 0 Å². The van der Waals surface area contributed by atoms with Crippen LogP contribution in [0.5, 0.6) is 0 Å². The first-order valence-electron chi connectivity index (χ1n) is 9.62. The molecule has 1 saturated heterocycles. The van der Waals surface area contributed by atoms with E-state index in [0.717, 1.165) is 49.2 Å². The van der Waals surface area contributed by atoms with E-state index in [1.54, 1.807) is 6.07 Å². The number of carbonyl (C=O) groups is 1. The zero-order chi connectivity index (χ0) is 17.4. The molecule has 0 unspecified atom stereocenters. The van der Waals surface area contributed by atoms with Gasteiger partial charge in [-0.1, -0.05) is 13.3 Å². The van der Waals surface area contributed by atoms with E-state index in [4.69, 9.17) is 4.98 Å². The number of hydrogen-bond donors (Lipinski definition) is 0. The van der Waals surface area contributed by atoms with E-state index in [9.17, 15) is 9.18 Å². The molecule has 4 rings (SSSR count). The minimum Gasteiger partial charge on any atom is -0.343 e. The highest BCUT2D eigenvalue weighted by Gasteiger charge is 2.31. The molecule has 1 aliphatic heterocycles. The molecule has 0 spiro atoms. The maximum atomic E-state index is 13.6. The lowest BCUT2D eigenvalue weighted by Crippen LogP contribution is -2.39. The Balaban J connectivity index is 1.61. The zero-order valence-corrected chi connectivity index (χ0v) is 14.9. The van der Waals surface area contributed by atoms with Gasteiger partial charge in [0.2, 0.25) is 5.91 Å². The zero-order valence-electron chi connectivity index (χ0n) is 14.9. The highest BCUT2D eigenvalue weighted by Crippen LogP contribution is 2.40. The van der Waals surface area contributed by atoms with Gasteiger partial charge >= 0.3 is 0 Å². The predicted molar refractivity (Wildman–Crippen MR) is 96.0 cm³/mol. The summed E-state index contributed by atoms with van der Waals surface area (Å²) in [5, 5.41) is 0. The lowest BCUT2D eigenvalue weighted by molar-refractivity contribution is -0.132. The smallest absolute Gasteiger partial charge is 0.222 e. The largest absolute Gasteiger partial charge is 0.343 e. The normalized spacial score (nSPS) is 19.4. The van der Waals surface area contributed by atoms with E-state index in [2.05, 4.69) is 4.57 Å². The van der Waals surface area contributed by atoms with Gasteiger partial charge in [-0.15, -0.1) is 0 Å². The summed E-state index contributed by atoms with van der Waals surface area (Å²) in [4.78, 5) is 18.9. The molecule has 1 aliphatic carbocycles. The van der Waals surface area contributed by atoms with Crippen molar-refractivity contribution in [1.82, 2.24) is 14.5 Å². The first-order chi connectivity index (χ1) is 12.2. The number of halogens is 1. The van der Waals surface area contributed by atoms with Gasteiger partial charge < -0.3 is 9.47 Å². The molecule has 25 heavy (non-hydrogen) atoms. The highest BCUT2D eigenvalue weighted by atomic mass is 19.1. The molecule has 4 nitrogen and oxygen atoms in total. The maximum absolute atomic E-state index is 13.6. The molecule has 1 saturated carbocycles. The van der Waals surface area contributed by atoms with Crippen LogP contribution in [0, 0.1) is 5.82 Å². The van der Waals surface area contributed by atoms with Crippen molar-refractivity contribution >= 4 is 16.9 Å². The summed E-state index contributed by atoms with van der Waals surface area (Å²) >= 11 is 0. The number of amides is 1. The summed E-state index contributed by atoms with van der Waals surface area (Å²) < 4.78 is 16.0. The lowest BCUT2D eigenvalue weighted by atomic mass is 9.84. The van der Waals surface area contributed by atoms with E-state index in [1.165, 1.54) is 25.3 Å². The standard InChI is InChI=1S/C20H26FN3O/c1-2-4-19(25)23-11-9-16(10-12-23)24-18-8-7-15(21)13-17(18)22-20(24)14-5-3-6-14/h7-8,13-14,16H,2-6,9-12H2,1H3.